The summed E-state index contributed by atoms with van der Waals surface area (Å²) in [5.74, 6) is -2.20. The van der Waals surface area contributed by atoms with Crippen LogP contribution in [0.2, 0.25) is 0 Å². The van der Waals surface area contributed by atoms with Gasteiger partial charge in [0.25, 0.3) is 0 Å². The van der Waals surface area contributed by atoms with Crippen LogP contribution < -0.4 is 11.1 Å². The van der Waals surface area contributed by atoms with Gasteiger partial charge < -0.3 is 11.1 Å². The highest BCUT2D eigenvalue weighted by Crippen LogP contribution is 2.16. The number of hydrogen-bond donors (Lipinski definition) is 2. The molecule has 6 heteroatoms. The minimum atomic E-state index is -0.877. The Bertz CT molecular complexity index is 453. The average Bonchev–Trinajstić information content (AvgIpc) is 2.35. The number of carbonyl (C=O) groups is 1. The van der Waals surface area contributed by atoms with Crippen molar-refractivity contribution in [1.82, 2.24) is 10.2 Å². The Morgan fingerprint density at radius 2 is 2.28 bits per heavy atom. The summed E-state index contributed by atoms with van der Waals surface area (Å²) in [6.45, 7) is 1.88. The quantitative estimate of drug-likeness (QED) is 0.812. The van der Waals surface area contributed by atoms with Crippen LogP contribution in [0.5, 0.6) is 0 Å². The van der Waals surface area contributed by atoms with Gasteiger partial charge in [0.05, 0.1) is 0 Å². The molecule has 1 aromatic carbocycles. The summed E-state index contributed by atoms with van der Waals surface area (Å²) < 4.78 is 26.6. The van der Waals surface area contributed by atoms with Gasteiger partial charge in [0, 0.05) is 31.7 Å². The van der Waals surface area contributed by atoms with E-state index in [2.05, 4.69) is 5.32 Å². The second-order valence-corrected chi connectivity index (χ2v) is 4.31. The molecule has 1 atom stereocenters. The first-order chi connectivity index (χ1) is 8.59. The zero-order valence-corrected chi connectivity index (χ0v) is 9.83. The summed E-state index contributed by atoms with van der Waals surface area (Å²) in [6, 6.07) is 3.55. The number of halogens is 2. The first-order valence-electron chi connectivity index (χ1n) is 5.76. The second-order valence-electron chi connectivity index (χ2n) is 4.31. The molecule has 98 valence electrons. The smallest absolute Gasteiger partial charge is 0.236 e. The Kier molecular flexibility index (Phi) is 3.88. The molecule has 1 heterocycles. The fourth-order valence-corrected chi connectivity index (χ4v) is 2.11. The van der Waals surface area contributed by atoms with Gasteiger partial charge in [0.2, 0.25) is 5.91 Å². The van der Waals surface area contributed by atoms with Crippen molar-refractivity contribution in [3.05, 3.63) is 35.4 Å². The molecule has 0 radical (unpaired) electrons. The molecule has 1 unspecified atom stereocenters. The van der Waals surface area contributed by atoms with Crippen LogP contribution in [0.3, 0.4) is 0 Å². The number of hydrogen-bond acceptors (Lipinski definition) is 3. The first kappa shape index (κ1) is 12.9. The summed E-state index contributed by atoms with van der Waals surface area (Å²) in [4.78, 5) is 13.0. The fraction of sp³-hybridized carbons (Fsp3) is 0.417. The van der Waals surface area contributed by atoms with Crippen molar-refractivity contribution in [3.63, 3.8) is 0 Å². The SMILES string of the molecule is NC(=O)C1CNCCN1Cc1cccc(F)c1F. The standard InChI is InChI=1S/C12H15F2N3O/c13-9-3-1-2-8(11(9)14)7-17-5-4-16-6-10(17)12(15)18/h1-3,10,16H,4-7H2,(H2,15,18). The molecule has 1 aliphatic rings. The summed E-state index contributed by atoms with van der Waals surface area (Å²) in [7, 11) is 0. The van der Waals surface area contributed by atoms with Crippen LogP contribution in [0.25, 0.3) is 0 Å². The molecule has 18 heavy (non-hydrogen) atoms. The molecule has 0 bridgehead atoms. The molecule has 0 spiro atoms. The molecule has 1 aliphatic heterocycles. The molecule has 1 fully saturated rings. The maximum atomic E-state index is 13.6. The third-order valence-corrected chi connectivity index (χ3v) is 3.09. The Morgan fingerprint density at radius 3 is 3.00 bits per heavy atom. The summed E-state index contributed by atoms with van der Waals surface area (Å²) in [6.07, 6.45) is 0. The molecule has 0 aliphatic carbocycles. The van der Waals surface area contributed by atoms with Crippen LogP contribution in [0.15, 0.2) is 18.2 Å². The number of rotatable bonds is 3. The summed E-state index contributed by atoms with van der Waals surface area (Å²) in [5, 5.41) is 3.05. The molecule has 1 saturated heterocycles. The zero-order chi connectivity index (χ0) is 13.1. The number of benzene rings is 1. The molecule has 3 N–H and O–H groups in total. The third-order valence-electron chi connectivity index (χ3n) is 3.09. The highest BCUT2D eigenvalue weighted by Gasteiger charge is 2.27. The maximum Gasteiger partial charge on any atom is 0.236 e. The summed E-state index contributed by atoms with van der Waals surface area (Å²) in [5.41, 5.74) is 5.53. The van der Waals surface area contributed by atoms with Crippen molar-refractivity contribution in [3.8, 4) is 0 Å². The summed E-state index contributed by atoms with van der Waals surface area (Å²) >= 11 is 0. The Morgan fingerprint density at radius 1 is 1.50 bits per heavy atom. The van der Waals surface area contributed by atoms with Crippen molar-refractivity contribution in [2.45, 2.75) is 12.6 Å². The predicted octanol–water partition coefficient (Wildman–Crippen LogP) is 0.224. The van der Waals surface area contributed by atoms with E-state index in [1.54, 1.807) is 4.90 Å². The van der Waals surface area contributed by atoms with E-state index in [9.17, 15) is 13.6 Å². The van der Waals surface area contributed by atoms with Gasteiger partial charge in [-0.2, -0.15) is 0 Å². The van der Waals surface area contributed by atoms with Crippen molar-refractivity contribution in [2.75, 3.05) is 19.6 Å². The molecule has 1 aromatic rings. The van der Waals surface area contributed by atoms with Crippen LogP contribution in [0.4, 0.5) is 8.78 Å². The number of nitrogens with zero attached hydrogens (tertiary/aromatic N) is 1. The highest BCUT2D eigenvalue weighted by molar-refractivity contribution is 5.80. The maximum absolute atomic E-state index is 13.6. The minimum absolute atomic E-state index is 0.179. The van der Waals surface area contributed by atoms with Gasteiger partial charge in [-0.05, 0) is 6.07 Å². The lowest BCUT2D eigenvalue weighted by atomic mass is 10.1. The van der Waals surface area contributed by atoms with Crippen LogP contribution in [-0.2, 0) is 11.3 Å². The molecular weight excluding hydrogens is 240 g/mol. The van der Waals surface area contributed by atoms with Crippen molar-refractivity contribution >= 4 is 5.91 Å². The third kappa shape index (κ3) is 2.65. The monoisotopic (exact) mass is 255 g/mol. The Hall–Kier alpha value is -1.53. The van der Waals surface area contributed by atoms with E-state index in [1.807, 2.05) is 0 Å². The van der Waals surface area contributed by atoms with Crippen LogP contribution >= 0.6 is 0 Å². The van der Waals surface area contributed by atoms with Crippen molar-refractivity contribution in [2.24, 2.45) is 5.73 Å². The number of piperazine rings is 1. The van der Waals surface area contributed by atoms with E-state index in [0.717, 1.165) is 6.07 Å². The minimum Gasteiger partial charge on any atom is -0.368 e. The highest BCUT2D eigenvalue weighted by atomic mass is 19.2. The fourth-order valence-electron chi connectivity index (χ4n) is 2.11. The van der Waals surface area contributed by atoms with E-state index >= 15 is 0 Å². The number of nitrogens with two attached hydrogens (primary N) is 1. The number of amides is 1. The van der Waals surface area contributed by atoms with Gasteiger partial charge in [-0.25, -0.2) is 8.78 Å². The van der Waals surface area contributed by atoms with E-state index in [0.29, 0.717) is 19.6 Å². The lowest BCUT2D eigenvalue weighted by molar-refractivity contribution is -0.124. The number of nitrogens with one attached hydrogen (secondary N) is 1. The Labute approximate surface area is 104 Å². The number of carbonyl (C=O) groups excluding carboxylic acids is 1. The number of primary amides is 1. The topological polar surface area (TPSA) is 58.4 Å². The van der Waals surface area contributed by atoms with E-state index in [1.165, 1.54) is 12.1 Å². The first-order valence-corrected chi connectivity index (χ1v) is 5.76. The van der Waals surface area contributed by atoms with Crippen molar-refractivity contribution < 1.29 is 13.6 Å². The molecule has 0 aromatic heterocycles. The largest absolute Gasteiger partial charge is 0.368 e. The molecule has 4 nitrogen and oxygen atoms in total. The average molecular weight is 255 g/mol. The van der Waals surface area contributed by atoms with Crippen LogP contribution in [0.1, 0.15) is 5.56 Å². The molecule has 2 rings (SSSR count). The molecule has 1 amide bonds. The van der Waals surface area contributed by atoms with Gasteiger partial charge in [-0.3, -0.25) is 9.69 Å². The van der Waals surface area contributed by atoms with Crippen LogP contribution in [-0.4, -0.2) is 36.5 Å². The molecular formula is C12H15F2N3O. The van der Waals surface area contributed by atoms with Crippen molar-refractivity contribution in [1.29, 1.82) is 0 Å². The van der Waals surface area contributed by atoms with E-state index < -0.39 is 23.6 Å². The van der Waals surface area contributed by atoms with E-state index in [-0.39, 0.29) is 12.1 Å². The van der Waals surface area contributed by atoms with Gasteiger partial charge >= 0.3 is 0 Å². The zero-order valence-electron chi connectivity index (χ0n) is 9.83. The lowest BCUT2D eigenvalue weighted by Crippen LogP contribution is -2.56. The van der Waals surface area contributed by atoms with Gasteiger partial charge in [0.1, 0.15) is 6.04 Å². The second kappa shape index (κ2) is 5.41. The van der Waals surface area contributed by atoms with Gasteiger partial charge in [-0.1, -0.05) is 12.1 Å². The van der Waals surface area contributed by atoms with E-state index in [4.69, 9.17) is 5.73 Å². The van der Waals surface area contributed by atoms with Crippen LogP contribution in [0, 0.1) is 11.6 Å². The normalized spacial score (nSPS) is 20.9. The molecule has 0 saturated carbocycles. The van der Waals surface area contributed by atoms with Gasteiger partial charge in [0.15, 0.2) is 11.6 Å². The predicted molar refractivity (Wildman–Crippen MR) is 62.6 cm³/mol. The lowest BCUT2D eigenvalue weighted by Gasteiger charge is -2.34. The Balaban J connectivity index is 2.16. The van der Waals surface area contributed by atoms with Gasteiger partial charge in [-0.15, -0.1) is 0 Å².